The first-order valence-corrected chi connectivity index (χ1v) is 24.5. The first-order chi connectivity index (χ1) is 29.5. The van der Waals surface area contributed by atoms with Gasteiger partial charge in [0.05, 0.1) is 10.7 Å². The van der Waals surface area contributed by atoms with Crippen molar-refractivity contribution in [2.45, 2.75) is 139 Å². The van der Waals surface area contributed by atoms with Crippen molar-refractivity contribution in [1.29, 1.82) is 0 Å². The molecule has 1 aromatic heterocycles. The lowest BCUT2D eigenvalue weighted by Gasteiger charge is -2.53. The Kier molecular flexibility index (Phi) is 9.44. The number of rotatable bonds is 3. The van der Waals surface area contributed by atoms with E-state index >= 15 is 0 Å². The van der Waals surface area contributed by atoms with Gasteiger partial charge in [-0.2, -0.15) is 0 Å². The number of nitrogens with zero attached hydrogens (tertiary/aromatic N) is 2. The van der Waals surface area contributed by atoms with Crippen LogP contribution in [0.2, 0.25) is 0 Å². The molecule has 0 fully saturated rings. The number of hydrogen-bond acceptors (Lipinski definition) is 3. The van der Waals surface area contributed by atoms with Crippen LogP contribution in [0.4, 0.5) is 27.8 Å². The highest BCUT2D eigenvalue weighted by atomic mass is 32.1. The van der Waals surface area contributed by atoms with Gasteiger partial charge in [0.1, 0.15) is 0 Å². The van der Waals surface area contributed by atoms with E-state index in [-0.39, 0.29) is 33.8 Å². The minimum atomic E-state index is 0.00323. The zero-order valence-electron chi connectivity index (χ0n) is 40.5. The molecule has 2 aliphatic carbocycles. The van der Waals surface area contributed by atoms with Crippen LogP contribution in [0.25, 0.3) is 21.2 Å². The van der Waals surface area contributed by atoms with Crippen LogP contribution in [0.3, 0.4) is 0 Å². The fraction of sp³-hybridized carbons (Fsp3) is 0.390. The fourth-order valence-corrected chi connectivity index (χ4v) is 12.7. The molecule has 0 spiro atoms. The molecular weight excluding hydrogens is 780 g/mol. The minimum absolute atomic E-state index is 0.00323. The van der Waals surface area contributed by atoms with Gasteiger partial charge in [0.25, 0.3) is 0 Å². The van der Waals surface area contributed by atoms with Crippen molar-refractivity contribution in [3.63, 3.8) is 0 Å². The molecule has 4 heteroatoms. The van der Waals surface area contributed by atoms with Gasteiger partial charge in [0.2, 0.25) is 6.71 Å². The fourth-order valence-electron chi connectivity index (χ4n) is 11.5. The number of aryl methyl sites for hydroxylation is 1. The van der Waals surface area contributed by atoms with Gasteiger partial charge in [-0.3, -0.25) is 0 Å². The Morgan fingerprint density at radius 3 is 1.81 bits per heavy atom. The molecule has 2 aliphatic heterocycles. The third-order valence-electron chi connectivity index (χ3n) is 15.2. The van der Waals surface area contributed by atoms with Crippen LogP contribution in [-0.4, -0.2) is 6.71 Å². The number of hydrogen-bond donors (Lipinski definition) is 0. The van der Waals surface area contributed by atoms with E-state index in [1.54, 1.807) is 16.6 Å². The Hall–Kier alpha value is -4.80. The van der Waals surface area contributed by atoms with E-state index in [2.05, 4.69) is 210 Å². The Morgan fingerprint density at radius 1 is 0.571 bits per heavy atom. The van der Waals surface area contributed by atoms with Gasteiger partial charge in [-0.25, -0.2) is 0 Å². The number of benzene rings is 5. The normalized spacial score (nSPS) is 18.1. The van der Waals surface area contributed by atoms with E-state index in [9.17, 15) is 0 Å². The number of anilines is 5. The average molecular weight is 847 g/mol. The van der Waals surface area contributed by atoms with Crippen LogP contribution in [0, 0.1) is 17.8 Å². The molecule has 6 aromatic rings. The van der Waals surface area contributed by atoms with E-state index in [4.69, 9.17) is 0 Å². The monoisotopic (exact) mass is 847 g/mol. The van der Waals surface area contributed by atoms with E-state index in [0.29, 0.717) is 0 Å². The first-order valence-electron chi connectivity index (χ1n) is 23.6. The summed E-state index contributed by atoms with van der Waals surface area (Å²) in [6.07, 6.45) is 4.56. The quantitative estimate of drug-likeness (QED) is 0.164. The third-order valence-corrected chi connectivity index (χ3v) is 16.4. The second-order valence-electron chi connectivity index (χ2n) is 23.7. The predicted molar refractivity (Wildman–Crippen MR) is 276 cm³/mol. The summed E-state index contributed by atoms with van der Waals surface area (Å²) in [7, 11) is 0. The molecule has 10 rings (SSSR count). The van der Waals surface area contributed by atoms with Crippen LogP contribution >= 0.6 is 11.3 Å². The Bertz CT molecular complexity index is 2900. The van der Waals surface area contributed by atoms with Crippen molar-refractivity contribution < 1.29 is 0 Å². The number of allylic oxidation sites excluding steroid dienone is 3. The lowest BCUT2D eigenvalue weighted by atomic mass is 9.31. The molecule has 0 atom stereocenters. The number of thiophene rings is 1. The second kappa shape index (κ2) is 14.1. The summed E-state index contributed by atoms with van der Waals surface area (Å²) in [6, 6.07) is 40.6. The van der Waals surface area contributed by atoms with Gasteiger partial charge in [-0.05, 0) is 152 Å². The molecular formula is C59H67BN2S. The summed E-state index contributed by atoms with van der Waals surface area (Å²) in [5, 5.41) is 2.79. The van der Waals surface area contributed by atoms with E-state index in [0.717, 1.165) is 12.8 Å². The Morgan fingerprint density at radius 2 is 1.16 bits per heavy atom. The van der Waals surface area contributed by atoms with Gasteiger partial charge >= 0.3 is 0 Å². The zero-order valence-corrected chi connectivity index (χ0v) is 41.3. The molecule has 0 unspecified atom stereocenters. The average Bonchev–Trinajstić information content (AvgIpc) is 3.60. The lowest BCUT2D eigenvalue weighted by Crippen LogP contribution is -2.57. The topological polar surface area (TPSA) is 6.48 Å². The highest BCUT2D eigenvalue weighted by Gasteiger charge is 2.52. The SMILES string of the molecule is Cc1cc2c3c(c1)N(c1ccc(C(C)(C)C)cc1)c1sc4ccc(C(C)(C)C)cc4c1B3C1=C(C3=C(CC1)C(C)(C)CCC3(C)C)N2c1ccc(C(C)(C)C)cc1-c1ccccc1. The lowest BCUT2D eigenvalue weighted by molar-refractivity contribution is 0.254. The standard InChI is InChI=1S/C59H67BN2S/c1-36-32-47-52-48(33-36)62(46-28-22-39(56(5,6)7)34-42(46)37-18-16-15-17-19-37)53-45(27-26-44-50(53)59(13,14)31-30-58(44,11)12)60(52)51-43-35-40(57(8,9)10)23-29-49(43)63-54(51)61(47)41-24-20-38(21-25-41)55(2,3)4/h15-25,28-29,32-35H,26-27,30-31H2,1-14H3. The summed E-state index contributed by atoms with van der Waals surface area (Å²) in [6.45, 7) is 33.7. The van der Waals surface area contributed by atoms with Crippen molar-refractivity contribution in [3.05, 3.63) is 148 Å². The maximum Gasteiger partial charge on any atom is 0.249 e. The molecule has 322 valence electrons. The van der Waals surface area contributed by atoms with Crippen molar-refractivity contribution in [2.24, 2.45) is 10.8 Å². The van der Waals surface area contributed by atoms with Crippen LogP contribution in [0.15, 0.2) is 125 Å². The van der Waals surface area contributed by atoms with Crippen molar-refractivity contribution in [3.8, 4) is 11.1 Å². The molecule has 0 N–H and O–H groups in total. The van der Waals surface area contributed by atoms with E-state index < -0.39 is 0 Å². The van der Waals surface area contributed by atoms with Crippen molar-refractivity contribution in [1.82, 2.24) is 0 Å². The van der Waals surface area contributed by atoms with Crippen LogP contribution in [0.5, 0.6) is 0 Å². The van der Waals surface area contributed by atoms with Crippen molar-refractivity contribution in [2.75, 3.05) is 9.80 Å². The number of fused-ring (bicyclic) bond motifs is 6. The summed E-state index contributed by atoms with van der Waals surface area (Å²) in [4.78, 5) is 5.45. The maximum atomic E-state index is 2.80. The molecule has 0 amide bonds. The molecule has 2 nitrogen and oxygen atoms in total. The highest BCUT2D eigenvalue weighted by molar-refractivity contribution is 7.26. The third kappa shape index (κ3) is 6.71. The van der Waals surface area contributed by atoms with Crippen molar-refractivity contribution >= 4 is 66.8 Å². The predicted octanol–water partition coefficient (Wildman–Crippen LogP) is 16.0. The first kappa shape index (κ1) is 42.2. The molecule has 0 radical (unpaired) electrons. The van der Waals surface area contributed by atoms with Crippen LogP contribution < -0.4 is 20.7 Å². The maximum absolute atomic E-state index is 2.80. The van der Waals surface area contributed by atoms with Gasteiger partial charge in [-0.15, -0.1) is 11.3 Å². The largest absolute Gasteiger partial charge is 0.311 e. The summed E-state index contributed by atoms with van der Waals surface area (Å²) >= 11 is 1.99. The molecule has 0 bridgehead atoms. The summed E-state index contributed by atoms with van der Waals surface area (Å²) in [5.41, 5.74) is 22.7. The molecule has 3 heterocycles. The van der Waals surface area contributed by atoms with Gasteiger partial charge < -0.3 is 9.80 Å². The van der Waals surface area contributed by atoms with E-state index in [1.165, 1.54) is 101 Å². The molecule has 0 saturated carbocycles. The second-order valence-corrected chi connectivity index (χ2v) is 24.8. The highest BCUT2D eigenvalue weighted by Crippen LogP contribution is 2.60. The molecule has 0 saturated heterocycles. The molecule has 4 aliphatic rings. The van der Waals surface area contributed by atoms with E-state index in [1.807, 2.05) is 11.3 Å². The Balaban J connectivity index is 1.37. The minimum Gasteiger partial charge on any atom is -0.311 e. The zero-order chi connectivity index (χ0) is 44.8. The van der Waals surface area contributed by atoms with Gasteiger partial charge in [-0.1, -0.05) is 162 Å². The smallest absolute Gasteiger partial charge is 0.249 e. The van der Waals surface area contributed by atoms with Gasteiger partial charge in [0.15, 0.2) is 0 Å². The van der Waals surface area contributed by atoms with Gasteiger partial charge in [0, 0.05) is 33.0 Å². The van der Waals surface area contributed by atoms with Crippen LogP contribution in [-0.2, 0) is 16.2 Å². The summed E-state index contributed by atoms with van der Waals surface area (Å²) in [5.74, 6) is 0. The molecule has 63 heavy (non-hydrogen) atoms. The van der Waals surface area contributed by atoms with Crippen LogP contribution in [0.1, 0.15) is 138 Å². The molecule has 5 aromatic carbocycles. The summed E-state index contributed by atoms with van der Waals surface area (Å²) < 4.78 is 1.37. The Labute approximate surface area is 383 Å².